The molecular formula is C18H30Cl3N4O2P. The molecule has 0 aliphatic heterocycles. The van der Waals surface area contributed by atoms with Crippen LogP contribution in [0, 0.1) is 0 Å². The summed E-state index contributed by atoms with van der Waals surface area (Å²) in [6, 6.07) is 13.8. The van der Waals surface area contributed by atoms with Gasteiger partial charge < -0.3 is 27.8 Å². The van der Waals surface area contributed by atoms with Crippen LogP contribution >= 0.6 is 44.6 Å². The van der Waals surface area contributed by atoms with Crippen molar-refractivity contribution >= 4 is 55.2 Å². The van der Waals surface area contributed by atoms with E-state index in [1.165, 1.54) is 0 Å². The largest absolute Gasteiger partial charge is 0.338 e. The molecule has 0 aromatic heterocycles. The molecule has 0 spiro atoms. The molecule has 2 aromatic rings. The minimum absolute atomic E-state index is 0. The van der Waals surface area contributed by atoms with E-state index in [0.717, 1.165) is 11.1 Å². The van der Waals surface area contributed by atoms with Gasteiger partial charge in [0.1, 0.15) is 0 Å². The first-order chi connectivity index (χ1) is 11.9. The number of hydrogen-bond acceptors (Lipinski definition) is 5. The molecule has 0 aliphatic rings. The molecule has 0 bridgehead atoms. The van der Waals surface area contributed by atoms with E-state index >= 15 is 0 Å². The van der Waals surface area contributed by atoms with E-state index in [9.17, 15) is 9.46 Å². The molecule has 0 amide bonds. The summed E-state index contributed by atoms with van der Waals surface area (Å²) >= 11 is 0. The Hall–Kier alpha value is -0.660. The summed E-state index contributed by atoms with van der Waals surface area (Å²) < 4.78 is 12.9. The Labute approximate surface area is 185 Å². The highest BCUT2D eigenvalue weighted by Gasteiger charge is 2.24. The predicted molar refractivity (Wildman–Crippen MR) is 125 cm³/mol. The van der Waals surface area contributed by atoms with Gasteiger partial charge in [0.15, 0.2) is 0 Å². The molecule has 10 heteroatoms. The predicted octanol–water partition coefficient (Wildman–Crippen LogP) is 0.830. The van der Waals surface area contributed by atoms with Crippen LogP contribution in [0.5, 0.6) is 0 Å². The number of nitrogens with two attached hydrogens (primary N) is 4. The first-order valence-electron chi connectivity index (χ1n) is 8.30. The average Bonchev–Trinajstić information content (AvgIpc) is 2.62. The third-order valence-corrected chi connectivity index (χ3v) is 6.17. The van der Waals surface area contributed by atoms with Gasteiger partial charge in [0, 0.05) is 35.8 Å². The Morgan fingerprint density at radius 2 is 1.00 bits per heavy atom. The SMILES string of the molecule is Cl.Cl.Cl.NC[C@@H](N)Cc1ccc(P(=O)(O)c2ccc(C[C@@H](N)CN)cc2)cc1. The molecule has 0 saturated carbocycles. The molecule has 2 rings (SSSR count). The van der Waals surface area contributed by atoms with Crippen molar-refractivity contribution in [1.82, 2.24) is 0 Å². The standard InChI is InChI=1S/C18H27N4O2P.3ClH/c19-11-15(21)9-13-1-5-17(6-2-13)25(23,24)18-7-3-14(4-8-18)10-16(22)12-20;;;/h1-8,15-16H,9-12,19-22H2,(H,23,24);3*1H/t15-,16+;;;. The highest BCUT2D eigenvalue weighted by atomic mass is 35.5. The molecule has 0 fully saturated rings. The summed E-state index contributed by atoms with van der Waals surface area (Å²) in [4.78, 5) is 10.6. The summed E-state index contributed by atoms with van der Waals surface area (Å²) in [6.07, 6.45) is 1.28. The summed E-state index contributed by atoms with van der Waals surface area (Å²) in [6.45, 7) is 0.806. The summed E-state index contributed by atoms with van der Waals surface area (Å²) in [7, 11) is -3.63. The van der Waals surface area contributed by atoms with Gasteiger partial charge >= 0.3 is 0 Å². The Morgan fingerprint density at radius 1 is 0.714 bits per heavy atom. The second kappa shape index (κ2) is 13.5. The van der Waals surface area contributed by atoms with Gasteiger partial charge in [-0.2, -0.15) is 0 Å². The van der Waals surface area contributed by atoms with E-state index in [4.69, 9.17) is 22.9 Å². The van der Waals surface area contributed by atoms with Crippen LogP contribution in [0.25, 0.3) is 0 Å². The van der Waals surface area contributed by atoms with Crippen molar-refractivity contribution in [2.24, 2.45) is 22.9 Å². The maximum Gasteiger partial charge on any atom is 0.258 e. The summed E-state index contributed by atoms with van der Waals surface area (Å²) in [5.41, 5.74) is 24.7. The Kier molecular flexibility index (Phi) is 14.3. The van der Waals surface area contributed by atoms with Crippen LogP contribution in [0.4, 0.5) is 0 Å². The molecule has 9 N–H and O–H groups in total. The van der Waals surface area contributed by atoms with E-state index in [1.807, 2.05) is 24.3 Å². The summed E-state index contributed by atoms with van der Waals surface area (Å²) in [5.74, 6) is 0. The summed E-state index contributed by atoms with van der Waals surface area (Å²) in [5, 5.41) is 0.785. The van der Waals surface area contributed by atoms with E-state index in [-0.39, 0.29) is 49.3 Å². The number of rotatable bonds is 8. The maximum atomic E-state index is 12.9. The van der Waals surface area contributed by atoms with Crippen molar-refractivity contribution in [3.63, 3.8) is 0 Å². The van der Waals surface area contributed by atoms with Gasteiger partial charge in [-0.1, -0.05) is 24.3 Å². The zero-order valence-electron chi connectivity index (χ0n) is 15.4. The number of halogens is 3. The molecule has 6 nitrogen and oxygen atoms in total. The molecule has 0 saturated heterocycles. The zero-order chi connectivity index (χ0) is 18.4. The van der Waals surface area contributed by atoms with Crippen LogP contribution < -0.4 is 33.5 Å². The van der Waals surface area contributed by atoms with Gasteiger partial charge in [-0.05, 0) is 48.2 Å². The minimum atomic E-state index is -3.63. The monoisotopic (exact) mass is 470 g/mol. The fraction of sp³-hybridized carbons (Fsp3) is 0.333. The lowest BCUT2D eigenvalue weighted by Crippen LogP contribution is -2.31. The molecule has 3 atom stereocenters. The van der Waals surface area contributed by atoms with Gasteiger partial charge in [-0.15, -0.1) is 37.2 Å². The van der Waals surface area contributed by atoms with Gasteiger partial charge in [-0.3, -0.25) is 4.57 Å². The normalized spacial score (nSPS) is 14.5. The number of hydrogen-bond donors (Lipinski definition) is 5. The van der Waals surface area contributed by atoms with E-state index in [2.05, 4.69) is 0 Å². The fourth-order valence-corrected chi connectivity index (χ4v) is 3.99. The first kappa shape index (κ1) is 29.5. The van der Waals surface area contributed by atoms with Crippen molar-refractivity contribution in [3.8, 4) is 0 Å². The van der Waals surface area contributed by atoms with E-state index in [0.29, 0.717) is 36.5 Å². The lowest BCUT2D eigenvalue weighted by molar-refractivity contribution is 0.501. The van der Waals surface area contributed by atoms with Crippen molar-refractivity contribution < 1.29 is 9.46 Å². The van der Waals surface area contributed by atoms with Crippen molar-refractivity contribution in [3.05, 3.63) is 59.7 Å². The third kappa shape index (κ3) is 7.99. The third-order valence-electron chi connectivity index (χ3n) is 4.17. The topological polar surface area (TPSA) is 141 Å². The van der Waals surface area contributed by atoms with Crippen LogP contribution in [0.1, 0.15) is 11.1 Å². The highest BCUT2D eigenvalue weighted by molar-refractivity contribution is 7.73. The van der Waals surface area contributed by atoms with E-state index < -0.39 is 7.37 Å². The van der Waals surface area contributed by atoms with Gasteiger partial charge in [0.05, 0.1) is 0 Å². The zero-order valence-corrected chi connectivity index (χ0v) is 18.8. The molecule has 2 aromatic carbocycles. The van der Waals surface area contributed by atoms with Gasteiger partial charge in [0.2, 0.25) is 0 Å². The van der Waals surface area contributed by atoms with Crippen LogP contribution in [-0.2, 0) is 17.4 Å². The second-order valence-electron chi connectivity index (χ2n) is 6.31. The lowest BCUT2D eigenvalue weighted by atomic mass is 10.1. The molecule has 28 heavy (non-hydrogen) atoms. The Morgan fingerprint density at radius 3 is 1.25 bits per heavy atom. The quantitative estimate of drug-likeness (QED) is 0.361. The van der Waals surface area contributed by atoms with Crippen LogP contribution in [0.2, 0.25) is 0 Å². The first-order valence-corrected chi connectivity index (χ1v) is 9.96. The molecular weight excluding hydrogens is 442 g/mol. The van der Waals surface area contributed by atoms with E-state index in [1.54, 1.807) is 24.3 Å². The molecule has 0 heterocycles. The minimum Gasteiger partial charge on any atom is -0.338 e. The second-order valence-corrected chi connectivity index (χ2v) is 8.49. The lowest BCUT2D eigenvalue weighted by Gasteiger charge is -2.15. The smallest absolute Gasteiger partial charge is 0.258 e. The van der Waals surface area contributed by atoms with Gasteiger partial charge in [-0.25, -0.2) is 0 Å². The van der Waals surface area contributed by atoms with Gasteiger partial charge in [0.25, 0.3) is 7.37 Å². The molecule has 0 aliphatic carbocycles. The van der Waals surface area contributed by atoms with Crippen molar-refractivity contribution in [2.45, 2.75) is 24.9 Å². The Bertz CT molecular complexity index is 673. The molecule has 0 radical (unpaired) electrons. The average molecular weight is 472 g/mol. The highest BCUT2D eigenvalue weighted by Crippen LogP contribution is 2.38. The Balaban J connectivity index is 0. The molecule has 1 unspecified atom stereocenters. The maximum absolute atomic E-state index is 12.9. The molecule has 160 valence electrons. The van der Waals surface area contributed by atoms with Crippen LogP contribution in [0.15, 0.2) is 48.5 Å². The fourth-order valence-electron chi connectivity index (χ4n) is 2.59. The van der Waals surface area contributed by atoms with Crippen molar-refractivity contribution in [1.29, 1.82) is 0 Å². The van der Waals surface area contributed by atoms with Crippen molar-refractivity contribution in [2.75, 3.05) is 13.1 Å². The van der Waals surface area contributed by atoms with Crippen LogP contribution in [0.3, 0.4) is 0 Å². The number of benzene rings is 2. The van der Waals surface area contributed by atoms with Crippen LogP contribution in [-0.4, -0.2) is 30.1 Å².